The molecule has 0 unspecified atom stereocenters. The van der Waals surface area contributed by atoms with Gasteiger partial charge in [0.2, 0.25) is 0 Å². The lowest BCUT2D eigenvalue weighted by Gasteiger charge is -2.19. The molecule has 1 heterocycles. The van der Waals surface area contributed by atoms with E-state index in [1.54, 1.807) is 6.07 Å². The van der Waals surface area contributed by atoms with Gasteiger partial charge in [-0.2, -0.15) is 0 Å². The van der Waals surface area contributed by atoms with Crippen molar-refractivity contribution >= 4 is 11.5 Å². The van der Waals surface area contributed by atoms with Gasteiger partial charge >= 0.3 is 0 Å². The van der Waals surface area contributed by atoms with Gasteiger partial charge in [0.15, 0.2) is 5.69 Å². The molecule has 0 fully saturated rings. The van der Waals surface area contributed by atoms with Gasteiger partial charge < -0.3 is 14.4 Å². The fraction of sp³-hybridized carbons (Fsp3) is 0.188. The van der Waals surface area contributed by atoms with E-state index < -0.39 is 0 Å². The average molecular weight is 488 g/mol. The van der Waals surface area contributed by atoms with Gasteiger partial charge in [0.1, 0.15) is 30.5 Å². The minimum Gasteiger partial charge on any atom is -0.489 e. The summed E-state index contributed by atoms with van der Waals surface area (Å²) in [5, 5.41) is 0. The molecule has 0 radical (unpaired) electrons. The number of hydrogen-bond donors (Lipinski definition) is 0. The lowest BCUT2D eigenvalue weighted by atomic mass is 9.97. The van der Waals surface area contributed by atoms with Crippen molar-refractivity contribution in [1.82, 2.24) is 4.90 Å². The quantitative estimate of drug-likeness (QED) is 0.250. The SMILES string of the molecule is [C-]#[N+]c1cccc(COc2cc(OCc3cccc(-c4ccccc4)c3C)ccc2C2=NCCN2C)c1. The van der Waals surface area contributed by atoms with Crippen LogP contribution in [0.3, 0.4) is 0 Å². The summed E-state index contributed by atoms with van der Waals surface area (Å²) in [6, 6.07) is 30.2. The molecule has 184 valence electrons. The highest BCUT2D eigenvalue weighted by atomic mass is 16.5. The van der Waals surface area contributed by atoms with Gasteiger partial charge in [-0.25, -0.2) is 4.85 Å². The van der Waals surface area contributed by atoms with E-state index in [0.717, 1.165) is 41.4 Å². The van der Waals surface area contributed by atoms with E-state index in [2.05, 4.69) is 64.1 Å². The molecular formula is C32H29N3O2. The molecule has 0 amide bonds. The number of hydrogen-bond acceptors (Lipinski definition) is 4. The Morgan fingerprint density at radius 2 is 1.70 bits per heavy atom. The van der Waals surface area contributed by atoms with Crippen LogP contribution >= 0.6 is 0 Å². The van der Waals surface area contributed by atoms with Gasteiger partial charge in [0.05, 0.1) is 18.7 Å². The monoisotopic (exact) mass is 487 g/mol. The van der Waals surface area contributed by atoms with E-state index in [1.807, 2.05) is 49.5 Å². The summed E-state index contributed by atoms with van der Waals surface area (Å²) in [4.78, 5) is 10.4. The van der Waals surface area contributed by atoms with E-state index in [9.17, 15) is 0 Å². The number of aliphatic imine (C=N–C) groups is 1. The normalized spacial score (nSPS) is 12.7. The second kappa shape index (κ2) is 11.0. The first-order valence-corrected chi connectivity index (χ1v) is 12.4. The molecule has 1 aliphatic heterocycles. The molecule has 0 N–H and O–H groups in total. The lowest BCUT2D eigenvalue weighted by molar-refractivity contribution is 0.289. The Balaban J connectivity index is 1.38. The topological polar surface area (TPSA) is 38.4 Å². The van der Waals surface area contributed by atoms with Crippen LogP contribution in [0.15, 0.2) is 96.0 Å². The van der Waals surface area contributed by atoms with Crippen LogP contribution in [-0.4, -0.2) is 30.9 Å². The van der Waals surface area contributed by atoms with E-state index in [-0.39, 0.29) is 0 Å². The molecule has 5 nitrogen and oxygen atoms in total. The summed E-state index contributed by atoms with van der Waals surface area (Å²) in [6.07, 6.45) is 0. The minimum atomic E-state index is 0.356. The fourth-order valence-corrected chi connectivity index (χ4v) is 4.53. The van der Waals surface area contributed by atoms with Crippen molar-refractivity contribution in [2.75, 3.05) is 20.1 Å². The highest BCUT2D eigenvalue weighted by Gasteiger charge is 2.20. The number of nitrogens with zero attached hydrogens (tertiary/aromatic N) is 3. The zero-order valence-corrected chi connectivity index (χ0v) is 21.1. The van der Waals surface area contributed by atoms with Gasteiger partial charge in [-0.1, -0.05) is 66.7 Å². The Bertz CT molecular complexity index is 1470. The Morgan fingerprint density at radius 3 is 2.49 bits per heavy atom. The first kappa shape index (κ1) is 24.1. The van der Waals surface area contributed by atoms with E-state index in [0.29, 0.717) is 24.7 Å². The molecule has 0 aromatic heterocycles. The predicted octanol–water partition coefficient (Wildman–Crippen LogP) is 7.06. The summed E-state index contributed by atoms with van der Waals surface area (Å²) in [6.45, 7) is 11.9. The van der Waals surface area contributed by atoms with Crippen molar-refractivity contribution in [3.8, 4) is 22.6 Å². The Morgan fingerprint density at radius 1 is 0.865 bits per heavy atom. The van der Waals surface area contributed by atoms with Gasteiger partial charge in [-0.15, -0.1) is 0 Å². The van der Waals surface area contributed by atoms with Crippen molar-refractivity contribution in [3.05, 3.63) is 125 Å². The lowest BCUT2D eigenvalue weighted by Crippen LogP contribution is -2.24. The third-order valence-electron chi connectivity index (χ3n) is 6.61. The second-order valence-electron chi connectivity index (χ2n) is 9.10. The van der Waals surface area contributed by atoms with E-state index in [1.165, 1.54) is 16.7 Å². The molecular weight excluding hydrogens is 458 g/mol. The summed E-state index contributed by atoms with van der Waals surface area (Å²) in [5.74, 6) is 2.37. The highest BCUT2D eigenvalue weighted by Crippen LogP contribution is 2.30. The van der Waals surface area contributed by atoms with Crippen LogP contribution in [0.4, 0.5) is 5.69 Å². The number of likely N-dealkylation sites (N-methyl/N-ethyl adjacent to an activating group) is 1. The maximum atomic E-state index is 7.27. The third kappa shape index (κ3) is 5.49. The van der Waals surface area contributed by atoms with Gasteiger partial charge in [-0.3, -0.25) is 4.99 Å². The molecule has 5 heteroatoms. The molecule has 0 atom stereocenters. The van der Waals surface area contributed by atoms with Crippen LogP contribution in [0, 0.1) is 13.5 Å². The van der Waals surface area contributed by atoms with Crippen LogP contribution in [-0.2, 0) is 13.2 Å². The van der Waals surface area contributed by atoms with Crippen molar-refractivity contribution in [2.45, 2.75) is 20.1 Å². The van der Waals surface area contributed by atoms with Gasteiger partial charge in [0, 0.05) is 19.7 Å². The van der Waals surface area contributed by atoms with Crippen molar-refractivity contribution in [2.24, 2.45) is 4.99 Å². The molecule has 0 spiro atoms. The number of amidine groups is 1. The Hall–Kier alpha value is -4.56. The maximum absolute atomic E-state index is 7.27. The minimum absolute atomic E-state index is 0.356. The van der Waals surface area contributed by atoms with Gasteiger partial charge in [0.25, 0.3) is 0 Å². The van der Waals surface area contributed by atoms with Crippen LogP contribution in [0.1, 0.15) is 22.3 Å². The average Bonchev–Trinajstić information content (AvgIpc) is 3.37. The molecule has 37 heavy (non-hydrogen) atoms. The zero-order chi connectivity index (χ0) is 25.6. The molecule has 1 aliphatic rings. The van der Waals surface area contributed by atoms with Crippen LogP contribution < -0.4 is 9.47 Å². The summed E-state index contributed by atoms with van der Waals surface area (Å²) >= 11 is 0. The predicted molar refractivity (Wildman–Crippen MR) is 148 cm³/mol. The molecule has 0 saturated carbocycles. The Kier molecular flexibility index (Phi) is 7.19. The van der Waals surface area contributed by atoms with Crippen LogP contribution in [0.5, 0.6) is 11.5 Å². The third-order valence-corrected chi connectivity index (χ3v) is 6.61. The summed E-state index contributed by atoms with van der Waals surface area (Å²) in [7, 11) is 2.04. The number of ether oxygens (including phenoxy) is 2. The van der Waals surface area contributed by atoms with Crippen LogP contribution in [0.2, 0.25) is 0 Å². The molecule has 4 aromatic rings. The zero-order valence-electron chi connectivity index (χ0n) is 21.1. The number of benzene rings is 4. The summed E-state index contributed by atoms with van der Waals surface area (Å²) < 4.78 is 12.6. The largest absolute Gasteiger partial charge is 0.489 e. The first-order chi connectivity index (χ1) is 18.1. The van der Waals surface area contributed by atoms with Crippen molar-refractivity contribution in [1.29, 1.82) is 0 Å². The Labute approximate surface area is 218 Å². The van der Waals surface area contributed by atoms with Crippen LogP contribution in [0.25, 0.3) is 16.0 Å². The maximum Gasteiger partial charge on any atom is 0.187 e. The summed E-state index contributed by atoms with van der Waals surface area (Å²) in [5.41, 5.74) is 7.26. The fourth-order valence-electron chi connectivity index (χ4n) is 4.53. The number of rotatable bonds is 8. The van der Waals surface area contributed by atoms with E-state index in [4.69, 9.17) is 16.0 Å². The smallest absolute Gasteiger partial charge is 0.187 e. The molecule has 5 rings (SSSR count). The molecule has 0 saturated heterocycles. The van der Waals surface area contributed by atoms with Crippen molar-refractivity contribution < 1.29 is 9.47 Å². The first-order valence-electron chi connectivity index (χ1n) is 12.4. The molecule has 4 aromatic carbocycles. The molecule has 0 bridgehead atoms. The van der Waals surface area contributed by atoms with Crippen molar-refractivity contribution in [3.63, 3.8) is 0 Å². The standard InChI is InChI=1S/C32H29N3O2/c1-23-26(12-8-14-29(23)25-10-5-4-6-11-25)22-36-28-15-16-30(32-34-17-18-35(32)3)31(20-28)37-21-24-9-7-13-27(19-24)33-2/h4-16,19-20H,17-18,21-22H2,1,3H3. The van der Waals surface area contributed by atoms with Gasteiger partial charge in [-0.05, 0) is 52.9 Å². The highest BCUT2D eigenvalue weighted by molar-refractivity contribution is 6.02. The van der Waals surface area contributed by atoms with E-state index >= 15 is 0 Å². The molecule has 0 aliphatic carbocycles. The second-order valence-corrected chi connectivity index (χ2v) is 9.10.